The van der Waals surface area contributed by atoms with Gasteiger partial charge in [-0.15, -0.1) is 0 Å². The lowest BCUT2D eigenvalue weighted by Crippen LogP contribution is -2.31. The molecule has 0 spiro atoms. The molecule has 116 valence electrons. The Morgan fingerprint density at radius 2 is 2.32 bits per heavy atom. The van der Waals surface area contributed by atoms with E-state index in [1.807, 2.05) is 12.1 Å². The number of hydrogen-bond donors (Lipinski definition) is 2. The second-order valence-electron chi connectivity index (χ2n) is 5.27. The number of ketones is 1. The lowest BCUT2D eigenvalue weighted by Gasteiger charge is -2.31. The van der Waals surface area contributed by atoms with Crippen LogP contribution in [0.2, 0.25) is 0 Å². The van der Waals surface area contributed by atoms with E-state index in [2.05, 4.69) is 4.98 Å². The summed E-state index contributed by atoms with van der Waals surface area (Å²) in [7, 11) is 0. The van der Waals surface area contributed by atoms with Crippen LogP contribution in [0.5, 0.6) is 0 Å². The Labute approximate surface area is 128 Å². The molecule has 3 rings (SSSR count). The molecule has 2 aliphatic rings. The van der Waals surface area contributed by atoms with Crippen molar-refractivity contribution >= 4 is 11.8 Å². The molecule has 2 heterocycles. The number of nitrogens with one attached hydrogen (secondary N) is 1. The molecule has 0 unspecified atom stereocenters. The van der Waals surface area contributed by atoms with Crippen LogP contribution in [-0.2, 0) is 19.1 Å². The first-order valence-corrected chi connectivity index (χ1v) is 7.37. The first kappa shape index (κ1) is 14.4. The van der Waals surface area contributed by atoms with Gasteiger partial charge in [0.2, 0.25) is 5.88 Å². The molecule has 22 heavy (non-hydrogen) atoms. The van der Waals surface area contributed by atoms with Gasteiger partial charge in [0.05, 0.1) is 12.5 Å². The Hall–Kier alpha value is -2.50. The van der Waals surface area contributed by atoms with Gasteiger partial charge in [0, 0.05) is 30.3 Å². The van der Waals surface area contributed by atoms with Gasteiger partial charge < -0.3 is 20.2 Å². The van der Waals surface area contributed by atoms with E-state index in [1.54, 1.807) is 13.1 Å². The second kappa shape index (κ2) is 5.71. The third-order valence-corrected chi connectivity index (χ3v) is 3.91. The van der Waals surface area contributed by atoms with Gasteiger partial charge in [-0.1, -0.05) is 0 Å². The Morgan fingerprint density at radius 1 is 1.50 bits per heavy atom. The summed E-state index contributed by atoms with van der Waals surface area (Å²) in [6, 6.07) is 3.65. The van der Waals surface area contributed by atoms with Crippen LogP contribution in [0.15, 0.2) is 41.1 Å². The summed E-state index contributed by atoms with van der Waals surface area (Å²) in [6.07, 6.45) is 3.58. The largest absolute Gasteiger partial charge is 0.462 e. The Balaban J connectivity index is 2.12. The number of carbonyl (C=O) groups is 2. The maximum absolute atomic E-state index is 12.4. The fourth-order valence-corrected chi connectivity index (χ4v) is 3.00. The molecule has 3 N–H and O–H groups in total. The van der Waals surface area contributed by atoms with Gasteiger partial charge in [-0.05, 0) is 25.5 Å². The van der Waals surface area contributed by atoms with Gasteiger partial charge in [-0.3, -0.25) is 4.79 Å². The minimum absolute atomic E-state index is 0.00449. The molecular weight excluding hydrogens is 284 g/mol. The van der Waals surface area contributed by atoms with Crippen LogP contribution >= 0.6 is 0 Å². The number of ether oxygens (including phenoxy) is 2. The highest BCUT2D eigenvalue weighted by molar-refractivity contribution is 6.03. The van der Waals surface area contributed by atoms with Crippen LogP contribution in [0, 0.1) is 0 Å². The normalized spacial score (nSPS) is 21.5. The quantitative estimate of drug-likeness (QED) is 0.831. The second-order valence-corrected chi connectivity index (χ2v) is 5.27. The molecule has 0 saturated carbocycles. The van der Waals surface area contributed by atoms with E-state index in [4.69, 9.17) is 15.2 Å². The molecular formula is C16H18N2O4. The third kappa shape index (κ3) is 2.30. The molecule has 0 radical (unpaired) electrons. The molecule has 6 nitrogen and oxygen atoms in total. The smallest absolute Gasteiger partial charge is 0.340 e. The van der Waals surface area contributed by atoms with E-state index in [-0.39, 0.29) is 23.8 Å². The highest BCUT2D eigenvalue weighted by atomic mass is 16.5. The fraction of sp³-hybridized carbons (Fsp3) is 0.375. The maximum atomic E-state index is 12.4. The number of hydrogen-bond acceptors (Lipinski definition) is 5. The number of carbonyl (C=O) groups excluding carboxylic acids is 2. The predicted molar refractivity (Wildman–Crippen MR) is 78.3 cm³/mol. The number of nitrogens with two attached hydrogens (primary N) is 1. The third-order valence-electron chi connectivity index (χ3n) is 3.91. The predicted octanol–water partition coefficient (Wildman–Crippen LogP) is 1.87. The van der Waals surface area contributed by atoms with Crippen LogP contribution in [0.4, 0.5) is 0 Å². The summed E-state index contributed by atoms with van der Waals surface area (Å²) in [5, 5.41) is 0. The summed E-state index contributed by atoms with van der Waals surface area (Å²) in [4.78, 5) is 27.8. The summed E-state index contributed by atoms with van der Waals surface area (Å²) >= 11 is 0. The van der Waals surface area contributed by atoms with E-state index in [0.717, 1.165) is 12.1 Å². The van der Waals surface area contributed by atoms with Gasteiger partial charge in [0.15, 0.2) is 5.78 Å². The minimum atomic E-state index is -0.551. The van der Waals surface area contributed by atoms with Crippen LogP contribution in [0.3, 0.4) is 0 Å². The number of esters is 1. The van der Waals surface area contributed by atoms with Crippen molar-refractivity contribution in [1.82, 2.24) is 4.98 Å². The number of aromatic amines is 1. The van der Waals surface area contributed by atoms with Gasteiger partial charge >= 0.3 is 5.97 Å². The van der Waals surface area contributed by atoms with Crippen LogP contribution in [0.25, 0.3) is 0 Å². The van der Waals surface area contributed by atoms with E-state index in [0.29, 0.717) is 24.2 Å². The molecule has 1 aromatic rings. The zero-order chi connectivity index (χ0) is 15.7. The molecule has 0 bridgehead atoms. The summed E-state index contributed by atoms with van der Waals surface area (Å²) in [5.74, 6) is -0.516. The molecule has 1 aliphatic heterocycles. The van der Waals surface area contributed by atoms with Crippen LogP contribution in [0.1, 0.15) is 37.8 Å². The van der Waals surface area contributed by atoms with E-state index >= 15 is 0 Å². The average Bonchev–Trinajstić information content (AvgIpc) is 3.00. The molecule has 0 fully saturated rings. The lowest BCUT2D eigenvalue weighted by atomic mass is 9.79. The van der Waals surface area contributed by atoms with Crippen molar-refractivity contribution in [2.45, 2.75) is 32.1 Å². The molecule has 1 atom stereocenters. The Morgan fingerprint density at radius 3 is 3.00 bits per heavy atom. The summed E-state index contributed by atoms with van der Waals surface area (Å²) in [5.41, 5.74) is 7.40. The fourth-order valence-electron chi connectivity index (χ4n) is 3.00. The van der Waals surface area contributed by atoms with Crippen LogP contribution in [-0.4, -0.2) is 23.3 Å². The van der Waals surface area contributed by atoms with Crippen LogP contribution < -0.4 is 5.73 Å². The van der Waals surface area contributed by atoms with Crippen molar-refractivity contribution in [2.75, 3.05) is 6.61 Å². The van der Waals surface area contributed by atoms with Crippen molar-refractivity contribution < 1.29 is 19.1 Å². The number of aromatic nitrogens is 1. The molecule has 1 aromatic heterocycles. The van der Waals surface area contributed by atoms with Gasteiger partial charge in [0.25, 0.3) is 0 Å². The first-order valence-electron chi connectivity index (χ1n) is 7.37. The van der Waals surface area contributed by atoms with Crippen molar-refractivity contribution in [1.29, 1.82) is 0 Å². The average molecular weight is 302 g/mol. The zero-order valence-electron chi connectivity index (χ0n) is 12.3. The van der Waals surface area contributed by atoms with Crippen molar-refractivity contribution in [2.24, 2.45) is 5.73 Å². The topological polar surface area (TPSA) is 94.4 Å². The van der Waals surface area contributed by atoms with Gasteiger partial charge in [-0.2, -0.15) is 0 Å². The van der Waals surface area contributed by atoms with E-state index in [9.17, 15) is 9.59 Å². The lowest BCUT2D eigenvalue weighted by molar-refractivity contribution is -0.139. The molecule has 1 aliphatic carbocycles. The Bertz CT molecular complexity index is 670. The van der Waals surface area contributed by atoms with Gasteiger partial charge in [0.1, 0.15) is 11.3 Å². The van der Waals surface area contributed by atoms with Gasteiger partial charge in [-0.25, -0.2) is 4.79 Å². The van der Waals surface area contributed by atoms with Crippen molar-refractivity contribution in [3.63, 3.8) is 0 Å². The maximum Gasteiger partial charge on any atom is 0.340 e. The summed E-state index contributed by atoms with van der Waals surface area (Å²) < 4.78 is 10.7. The highest BCUT2D eigenvalue weighted by Crippen LogP contribution is 2.43. The Kier molecular flexibility index (Phi) is 3.75. The molecule has 0 saturated heterocycles. The number of allylic oxidation sites excluding steroid dienone is 2. The highest BCUT2D eigenvalue weighted by Gasteiger charge is 2.41. The molecule has 6 heteroatoms. The monoisotopic (exact) mass is 302 g/mol. The standard InChI is InChI=1S/C16H18N2O4/c1-2-21-16(20)14-12(9-5-4-8-18-9)13-10(19)6-3-7-11(13)22-15(14)17/h4-5,8,12,18H,2-3,6-7,17H2,1H3/t12-/m1/s1. The SMILES string of the molecule is CCOC(=O)C1=C(N)OC2=C(C(=O)CCC2)[C@H]1c1ccc[nH]1. The number of rotatable bonds is 3. The molecule has 0 aromatic carbocycles. The molecule has 0 amide bonds. The van der Waals surface area contributed by atoms with E-state index in [1.165, 1.54) is 0 Å². The van der Waals surface area contributed by atoms with Crippen molar-refractivity contribution in [3.05, 3.63) is 46.8 Å². The number of H-pyrrole nitrogens is 1. The van der Waals surface area contributed by atoms with Crippen molar-refractivity contribution in [3.8, 4) is 0 Å². The number of Topliss-reactive ketones (excluding diaryl/α,β-unsaturated/α-hetero) is 1. The first-order chi connectivity index (χ1) is 10.6. The minimum Gasteiger partial charge on any atom is -0.462 e. The van der Waals surface area contributed by atoms with E-state index < -0.39 is 11.9 Å². The zero-order valence-corrected chi connectivity index (χ0v) is 12.3. The summed E-state index contributed by atoms with van der Waals surface area (Å²) in [6.45, 7) is 1.95.